The van der Waals surface area contributed by atoms with Crippen molar-refractivity contribution in [3.63, 3.8) is 0 Å². The summed E-state index contributed by atoms with van der Waals surface area (Å²) in [5, 5.41) is 13.3. The minimum atomic E-state index is -0.714. The molecule has 3 atom stereocenters. The molecule has 1 aromatic carbocycles. The summed E-state index contributed by atoms with van der Waals surface area (Å²) in [6.45, 7) is 7.09. The Hall–Kier alpha value is -1.46. The molecular formula is C19H29FN2O2. The van der Waals surface area contributed by atoms with Crippen LogP contribution in [0, 0.1) is 5.82 Å². The molecule has 0 aliphatic carbocycles. The van der Waals surface area contributed by atoms with Gasteiger partial charge in [-0.1, -0.05) is 18.6 Å². The molecule has 0 aromatic heterocycles. The zero-order valence-corrected chi connectivity index (χ0v) is 14.8. The van der Waals surface area contributed by atoms with Crippen molar-refractivity contribution in [3.05, 3.63) is 35.6 Å². The van der Waals surface area contributed by atoms with Crippen molar-refractivity contribution in [1.29, 1.82) is 0 Å². The Labute approximate surface area is 144 Å². The van der Waals surface area contributed by atoms with Crippen LogP contribution in [0.4, 0.5) is 4.39 Å². The van der Waals surface area contributed by atoms with Crippen LogP contribution in [-0.4, -0.2) is 40.6 Å². The molecule has 5 heteroatoms. The number of aliphatic hydroxyl groups is 1. The number of carbonyl (C=O) groups is 1. The number of amides is 1. The number of hydrogen-bond acceptors (Lipinski definition) is 3. The second-order valence-electron chi connectivity index (χ2n) is 7.06. The number of aliphatic hydroxyl groups excluding tert-OH is 1. The predicted octanol–water partition coefficient (Wildman–Crippen LogP) is 3.02. The summed E-state index contributed by atoms with van der Waals surface area (Å²) in [5.41, 5.74) is 0.666. The first-order valence-corrected chi connectivity index (χ1v) is 8.88. The van der Waals surface area contributed by atoms with Gasteiger partial charge in [0.2, 0.25) is 5.91 Å². The SMILES string of the molecule is CC(CC(O)c1ccc(F)cc1)NC(=O)C1CCCCN1C(C)C. The smallest absolute Gasteiger partial charge is 0.237 e. The van der Waals surface area contributed by atoms with Gasteiger partial charge in [-0.3, -0.25) is 9.69 Å². The van der Waals surface area contributed by atoms with Gasteiger partial charge in [0.25, 0.3) is 0 Å². The van der Waals surface area contributed by atoms with E-state index in [0.717, 1.165) is 25.8 Å². The van der Waals surface area contributed by atoms with Crippen LogP contribution < -0.4 is 5.32 Å². The van der Waals surface area contributed by atoms with Crippen molar-refractivity contribution in [2.75, 3.05) is 6.54 Å². The molecule has 2 rings (SSSR count). The summed E-state index contributed by atoms with van der Waals surface area (Å²) >= 11 is 0. The van der Waals surface area contributed by atoms with E-state index in [9.17, 15) is 14.3 Å². The lowest BCUT2D eigenvalue weighted by Crippen LogP contribution is -2.53. The Kier molecular flexibility index (Phi) is 6.75. The summed E-state index contributed by atoms with van der Waals surface area (Å²) in [4.78, 5) is 14.9. The maximum Gasteiger partial charge on any atom is 0.237 e. The van der Waals surface area contributed by atoms with Crippen LogP contribution in [0.15, 0.2) is 24.3 Å². The fraction of sp³-hybridized carbons (Fsp3) is 0.632. The topological polar surface area (TPSA) is 52.6 Å². The highest BCUT2D eigenvalue weighted by molar-refractivity contribution is 5.82. The van der Waals surface area contributed by atoms with Gasteiger partial charge in [0.15, 0.2) is 0 Å². The molecule has 1 aliphatic heterocycles. The van der Waals surface area contributed by atoms with Crippen LogP contribution in [0.5, 0.6) is 0 Å². The van der Waals surface area contributed by atoms with Crippen LogP contribution in [0.1, 0.15) is 58.1 Å². The Balaban J connectivity index is 1.89. The number of benzene rings is 1. The van der Waals surface area contributed by atoms with Gasteiger partial charge in [0.05, 0.1) is 12.1 Å². The fourth-order valence-corrected chi connectivity index (χ4v) is 3.41. The number of hydrogen-bond donors (Lipinski definition) is 2. The zero-order chi connectivity index (χ0) is 17.7. The van der Waals surface area contributed by atoms with Crippen molar-refractivity contribution < 1.29 is 14.3 Å². The molecule has 4 nitrogen and oxygen atoms in total. The molecule has 0 radical (unpaired) electrons. The number of piperidine rings is 1. The van der Waals surface area contributed by atoms with Crippen molar-refractivity contribution >= 4 is 5.91 Å². The summed E-state index contributed by atoms with van der Waals surface area (Å²) in [6, 6.07) is 5.96. The molecule has 3 unspecified atom stereocenters. The van der Waals surface area contributed by atoms with Crippen LogP contribution in [0.2, 0.25) is 0 Å². The van der Waals surface area contributed by atoms with Gasteiger partial charge in [-0.2, -0.15) is 0 Å². The zero-order valence-electron chi connectivity index (χ0n) is 14.8. The van der Waals surface area contributed by atoms with Crippen molar-refractivity contribution in [1.82, 2.24) is 10.2 Å². The number of halogens is 1. The lowest BCUT2D eigenvalue weighted by Gasteiger charge is -2.38. The first-order chi connectivity index (χ1) is 11.4. The van der Waals surface area contributed by atoms with Gasteiger partial charge in [0, 0.05) is 12.1 Å². The average Bonchev–Trinajstić information content (AvgIpc) is 2.55. The van der Waals surface area contributed by atoms with E-state index in [1.807, 2.05) is 6.92 Å². The van der Waals surface area contributed by atoms with E-state index in [1.54, 1.807) is 12.1 Å². The molecule has 24 heavy (non-hydrogen) atoms. The molecule has 1 fully saturated rings. The lowest BCUT2D eigenvalue weighted by atomic mass is 9.98. The minimum Gasteiger partial charge on any atom is -0.388 e. The summed E-state index contributed by atoms with van der Waals surface area (Å²) < 4.78 is 12.9. The standard InChI is InChI=1S/C19H29FN2O2/c1-13(2)22-11-5-4-6-17(22)19(24)21-14(3)12-18(23)15-7-9-16(20)10-8-15/h7-10,13-14,17-18,23H,4-6,11-12H2,1-3H3,(H,21,24). The number of carbonyl (C=O) groups excluding carboxylic acids is 1. The maximum absolute atomic E-state index is 12.9. The number of nitrogens with zero attached hydrogens (tertiary/aromatic N) is 1. The van der Waals surface area contributed by atoms with Gasteiger partial charge in [-0.15, -0.1) is 0 Å². The molecule has 1 amide bonds. The Morgan fingerprint density at radius 3 is 2.58 bits per heavy atom. The molecular weight excluding hydrogens is 307 g/mol. The lowest BCUT2D eigenvalue weighted by molar-refractivity contribution is -0.129. The molecule has 0 saturated carbocycles. The van der Waals surface area contributed by atoms with Gasteiger partial charge >= 0.3 is 0 Å². The molecule has 0 spiro atoms. The molecule has 2 N–H and O–H groups in total. The Morgan fingerprint density at radius 1 is 1.29 bits per heavy atom. The van der Waals surface area contributed by atoms with Crippen molar-refractivity contribution in [2.45, 2.75) is 70.7 Å². The molecule has 1 aliphatic rings. The monoisotopic (exact) mass is 336 g/mol. The van der Waals surface area contributed by atoms with Crippen LogP contribution >= 0.6 is 0 Å². The Morgan fingerprint density at radius 2 is 1.96 bits per heavy atom. The predicted molar refractivity (Wildman–Crippen MR) is 93.1 cm³/mol. The highest BCUT2D eigenvalue weighted by Crippen LogP contribution is 2.21. The van der Waals surface area contributed by atoms with Crippen LogP contribution in [-0.2, 0) is 4.79 Å². The van der Waals surface area contributed by atoms with E-state index in [-0.39, 0.29) is 23.8 Å². The van der Waals surface area contributed by atoms with Crippen molar-refractivity contribution in [2.24, 2.45) is 0 Å². The largest absolute Gasteiger partial charge is 0.388 e. The van der Waals surface area contributed by atoms with E-state index in [0.29, 0.717) is 18.0 Å². The maximum atomic E-state index is 12.9. The summed E-state index contributed by atoms with van der Waals surface area (Å²) in [5.74, 6) is -0.277. The molecule has 1 saturated heterocycles. The van der Waals surface area contributed by atoms with Gasteiger partial charge in [-0.05, 0) is 64.3 Å². The third kappa shape index (κ3) is 5.02. The highest BCUT2D eigenvalue weighted by Gasteiger charge is 2.31. The van der Waals surface area contributed by atoms with Gasteiger partial charge < -0.3 is 10.4 Å². The second-order valence-corrected chi connectivity index (χ2v) is 7.06. The second kappa shape index (κ2) is 8.58. The third-order valence-corrected chi connectivity index (χ3v) is 4.73. The molecule has 1 aromatic rings. The summed E-state index contributed by atoms with van der Waals surface area (Å²) in [7, 11) is 0. The molecule has 134 valence electrons. The Bertz CT molecular complexity index is 533. The first-order valence-electron chi connectivity index (χ1n) is 8.88. The van der Waals surface area contributed by atoms with Gasteiger partial charge in [0.1, 0.15) is 5.82 Å². The van der Waals surface area contributed by atoms with E-state index in [2.05, 4.69) is 24.1 Å². The minimum absolute atomic E-state index is 0.0437. The number of nitrogens with one attached hydrogen (secondary N) is 1. The molecule has 0 bridgehead atoms. The van der Waals surface area contributed by atoms with E-state index >= 15 is 0 Å². The normalized spacial score (nSPS) is 21.5. The highest BCUT2D eigenvalue weighted by atomic mass is 19.1. The first kappa shape index (κ1) is 18.9. The quantitative estimate of drug-likeness (QED) is 0.840. The van der Waals surface area contributed by atoms with E-state index in [1.165, 1.54) is 12.1 Å². The van der Waals surface area contributed by atoms with E-state index in [4.69, 9.17) is 0 Å². The fourth-order valence-electron chi connectivity index (χ4n) is 3.41. The number of rotatable bonds is 6. The van der Waals surface area contributed by atoms with E-state index < -0.39 is 6.10 Å². The third-order valence-electron chi connectivity index (χ3n) is 4.73. The van der Waals surface area contributed by atoms with Gasteiger partial charge in [-0.25, -0.2) is 4.39 Å². The molecule has 1 heterocycles. The van der Waals surface area contributed by atoms with Crippen molar-refractivity contribution in [3.8, 4) is 0 Å². The van der Waals surface area contributed by atoms with Crippen LogP contribution in [0.25, 0.3) is 0 Å². The average molecular weight is 336 g/mol. The number of likely N-dealkylation sites (tertiary alicyclic amines) is 1. The van der Waals surface area contributed by atoms with Crippen LogP contribution in [0.3, 0.4) is 0 Å². The summed E-state index contributed by atoms with van der Waals surface area (Å²) in [6.07, 6.45) is 2.80.